The van der Waals surface area contributed by atoms with E-state index in [1.54, 1.807) is 0 Å². The largest absolute Gasteiger partial charge is 0.321 e. The molecule has 1 aliphatic carbocycles. The lowest BCUT2D eigenvalue weighted by molar-refractivity contribution is -0.546. The van der Waals surface area contributed by atoms with Crippen molar-refractivity contribution in [3.05, 3.63) is 0 Å². The molecule has 6 atom stereocenters. The van der Waals surface area contributed by atoms with Gasteiger partial charge in [-0.3, -0.25) is 4.79 Å². The third-order valence-electron chi connectivity index (χ3n) is 6.92. The number of piperidine rings is 1. The first-order chi connectivity index (χ1) is 11.5. The van der Waals surface area contributed by atoms with Crippen molar-refractivity contribution in [2.45, 2.75) is 89.8 Å². The van der Waals surface area contributed by atoms with Gasteiger partial charge in [-0.05, 0) is 44.4 Å². The van der Waals surface area contributed by atoms with Crippen LogP contribution in [0.15, 0.2) is 0 Å². The van der Waals surface area contributed by atoms with Crippen LogP contribution in [0.1, 0.15) is 72.1 Å². The van der Waals surface area contributed by atoms with E-state index in [1.165, 1.54) is 6.42 Å². The number of hydrogen-bond acceptors (Lipinski definition) is 4. The van der Waals surface area contributed by atoms with Gasteiger partial charge in [0.25, 0.3) is 0 Å². The lowest BCUT2D eigenvalue weighted by atomic mass is 9.59. The fourth-order valence-corrected chi connectivity index (χ4v) is 5.53. The Morgan fingerprint density at radius 2 is 2.04 bits per heavy atom. The van der Waals surface area contributed by atoms with Crippen molar-refractivity contribution in [3.8, 4) is 0 Å². The SMILES string of the molecule is CCCCCN1C(=O)C[C@@H]2CC[C@@H](C)[C@@H]3CC[C@@]4(C)OO[C@@]23[C@H]1O4. The van der Waals surface area contributed by atoms with Gasteiger partial charge in [-0.25, -0.2) is 9.78 Å². The molecule has 0 aromatic carbocycles. The molecule has 4 aliphatic heterocycles. The summed E-state index contributed by atoms with van der Waals surface area (Å²) in [6.45, 7) is 7.25. The zero-order valence-electron chi connectivity index (χ0n) is 15.3. The zero-order chi connectivity index (χ0) is 16.9. The number of carbonyl (C=O) groups is 1. The van der Waals surface area contributed by atoms with E-state index in [9.17, 15) is 4.79 Å². The molecule has 0 radical (unpaired) electrons. The summed E-state index contributed by atoms with van der Waals surface area (Å²) in [6.07, 6.45) is 7.72. The first-order valence-corrected chi connectivity index (χ1v) is 9.84. The highest BCUT2D eigenvalue weighted by Gasteiger charge is 2.68. The van der Waals surface area contributed by atoms with Gasteiger partial charge in [-0.2, -0.15) is 0 Å². The summed E-state index contributed by atoms with van der Waals surface area (Å²) in [5.41, 5.74) is -0.464. The van der Waals surface area contributed by atoms with Gasteiger partial charge in [0.15, 0.2) is 11.8 Å². The zero-order valence-corrected chi connectivity index (χ0v) is 15.3. The van der Waals surface area contributed by atoms with Crippen LogP contribution in [0.5, 0.6) is 0 Å². The van der Waals surface area contributed by atoms with Crippen LogP contribution in [-0.4, -0.2) is 35.0 Å². The molecule has 136 valence electrons. The second-order valence-corrected chi connectivity index (χ2v) is 8.52. The first kappa shape index (κ1) is 16.8. The molecule has 4 saturated heterocycles. The molecule has 0 N–H and O–H groups in total. The molecule has 5 heteroatoms. The van der Waals surface area contributed by atoms with Crippen molar-refractivity contribution in [2.75, 3.05) is 6.54 Å². The molecule has 5 fully saturated rings. The Morgan fingerprint density at radius 1 is 1.21 bits per heavy atom. The molecule has 2 bridgehead atoms. The highest BCUT2D eigenvalue weighted by Crippen LogP contribution is 2.59. The van der Waals surface area contributed by atoms with Gasteiger partial charge in [0.1, 0.15) is 0 Å². The Hall–Kier alpha value is -0.650. The van der Waals surface area contributed by atoms with Crippen LogP contribution in [-0.2, 0) is 19.3 Å². The highest BCUT2D eigenvalue weighted by molar-refractivity contribution is 5.78. The van der Waals surface area contributed by atoms with Crippen molar-refractivity contribution < 1.29 is 19.3 Å². The fourth-order valence-electron chi connectivity index (χ4n) is 5.53. The summed E-state index contributed by atoms with van der Waals surface area (Å²) in [5, 5.41) is 0. The lowest BCUT2D eigenvalue weighted by Crippen LogP contribution is -2.73. The molecular weight excluding hydrogens is 306 g/mol. The van der Waals surface area contributed by atoms with E-state index in [-0.39, 0.29) is 18.1 Å². The maximum atomic E-state index is 12.9. The second-order valence-electron chi connectivity index (χ2n) is 8.52. The normalized spacial score (nSPS) is 47.5. The molecule has 5 aliphatic rings. The number of fused-ring (bicyclic) bond motifs is 2. The van der Waals surface area contributed by atoms with Crippen molar-refractivity contribution in [1.29, 1.82) is 0 Å². The number of likely N-dealkylation sites (tertiary alicyclic amines) is 1. The van der Waals surface area contributed by atoms with Gasteiger partial charge in [0.05, 0.1) is 0 Å². The highest BCUT2D eigenvalue weighted by atomic mass is 17.3. The Kier molecular flexibility index (Phi) is 4.17. The molecule has 1 spiro atoms. The van der Waals surface area contributed by atoms with Crippen LogP contribution in [0.4, 0.5) is 0 Å². The summed E-state index contributed by atoms with van der Waals surface area (Å²) < 4.78 is 6.45. The fraction of sp³-hybridized carbons (Fsp3) is 0.947. The maximum Gasteiger partial charge on any atom is 0.225 e. The minimum atomic E-state index is -0.724. The summed E-state index contributed by atoms with van der Waals surface area (Å²) in [4.78, 5) is 26.8. The number of rotatable bonds is 4. The molecular formula is C19H31NO4. The molecule has 24 heavy (non-hydrogen) atoms. The minimum absolute atomic E-state index is 0.223. The lowest BCUT2D eigenvalue weighted by Gasteiger charge is -2.60. The van der Waals surface area contributed by atoms with E-state index in [0.717, 1.165) is 45.1 Å². The summed E-state index contributed by atoms with van der Waals surface area (Å²) in [7, 11) is 0. The number of hydrogen-bond donors (Lipinski definition) is 0. The molecule has 0 aromatic heterocycles. The molecule has 1 saturated carbocycles. The van der Waals surface area contributed by atoms with Crippen molar-refractivity contribution in [2.24, 2.45) is 17.8 Å². The van der Waals surface area contributed by atoms with Crippen LogP contribution >= 0.6 is 0 Å². The quantitative estimate of drug-likeness (QED) is 0.581. The van der Waals surface area contributed by atoms with E-state index < -0.39 is 11.4 Å². The standard InChI is InChI=1S/C19H31NO4/c1-4-5-6-11-20-16(21)12-14-8-7-13(2)15-9-10-18(3)22-17(20)19(14,15)24-23-18/h13-15,17H,4-12H2,1-3H3/t13-,14+,15+,17-,18-,19+/m1/s1. The van der Waals surface area contributed by atoms with E-state index in [1.807, 2.05) is 11.8 Å². The van der Waals surface area contributed by atoms with E-state index in [2.05, 4.69) is 13.8 Å². The number of unbranched alkanes of at least 4 members (excludes halogenated alkanes) is 2. The number of nitrogens with zero attached hydrogens (tertiary/aromatic N) is 1. The minimum Gasteiger partial charge on any atom is -0.321 e. The van der Waals surface area contributed by atoms with E-state index >= 15 is 0 Å². The van der Waals surface area contributed by atoms with E-state index in [4.69, 9.17) is 14.5 Å². The smallest absolute Gasteiger partial charge is 0.225 e. The Bertz CT molecular complexity index is 508. The van der Waals surface area contributed by atoms with Crippen LogP contribution in [0.2, 0.25) is 0 Å². The van der Waals surface area contributed by atoms with Crippen LogP contribution in [0.25, 0.3) is 0 Å². The predicted octanol–water partition coefficient (Wildman–Crippen LogP) is 3.62. The average Bonchev–Trinajstić information content (AvgIpc) is 2.79. The molecule has 5 nitrogen and oxygen atoms in total. The third kappa shape index (κ3) is 2.35. The Balaban J connectivity index is 1.71. The summed E-state index contributed by atoms with van der Waals surface area (Å²) in [5.74, 6) is 0.730. The van der Waals surface area contributed by atoms with Crippen molar-refractivity contribution in [1.82, 2.24) is 4.90 Å². The monoisotopic (exact) mass is 337 g/mol. The average molecular weight is 337 g/mol. The molecule has 0 unspecified atom stereocenters. The molecule has 1 amide bonds. The summed E-state index contributed by atoms with van der Waals surface area (Å²) in [6, 6.07) is 0. The van der Waals surface area contributed by atoms with Crippen LogP contribution < -0.4 is 0 Å². The van der Waals surface area contributed by atoms with E-state index in [0.29, 0.717) is 18.3 Å². The predicted molar refractivity (Wildman–Crippen MR) is 88.6 cm³/mol. The van der Waals surface area contributed by atoms with Gasteiger partial charge in [0.2, 0.25) is 11.7 Å². The van der Waals surface area contributed by atoms with Crippen molar-refractivity contribution >= 4 is 5.91 Å². The van der Waals surface area contributed by atoms with Crippen molar-refractivity contribution in [3.63, 3.8) is 0 Å². The second kappa shape index (κ2) is 5.96. The first-order valence-electron chi connectivity index (χ1n) is 9.84. The number of carbonyl (C=O) groups excluding carboxylic acids is 1. The van der Waals surface area contributed by atoms with Gasteiger partial charge in [-0.1, -0.05) is 26.7 Å². The van der Waals surface area contributed by atoms with Crippen LogP contribution in [0, 0.1) is 17.8 Å². The topological polar surface area (TPSA) is 48.0 Å². The molecule has 0 aromatic rings. The van der Waals surface area contributed by atoms with Crippen LogP contribution in [0.3, 0.4) is 0 Å². The summed E-state index contributed by atoms with van der Waals surface area (Å²) >= 11 is 0. The Morgan fingerprint density at radius 3 is 2.83 bits per heavy atom. The van der Waals surface area contributed by atoms with Gasteiger partial charge >= 0.3 is 0 Å². The number of ether oxygens (including phenoxy) is 1. The Labute approximate surface area is 144 Å². The number of amides is 1. The van der Waals surface area contributed by atoms with Gasteiger partial charge in [0, 0.05) is 25.3 Å². The van der Waals surface area contributed by atoms with Gasteiger partial charge < -0.3 is 9.64 Å². The maximum absolute atomic E-state index is 12.9. The molecule has 5 rings (SSSR count). The van der Waals surface area contributed by atoms with Gasteiger partial charge in [-0.15, -0.1) is 0 Å². The molecule has 4 heterocycles. The third-order valence-corrected chi connectivity index (χ3v) is 6.92.